The zero-order valence-electron chi connectivity index (χ0n) is 12.0. The Labute approximate surface area is 118 Å². The summed E-state index contributed by atoms with van der Waals surface area (Å²) >= 11 is 0. The van der Waals surface area contributed by atoms with E-state index in [9.17, 15) is 4.79 Å². The van der Waals surface area contributed by atoms with Crippen LogP contribution in [0.25, 0.3) is 11.3 Å². The SMILES string of the molecule is CCCc1c(-c2cncc(OC(C)C)c2)nc[nH]c1=O. The van der Waals surface area contributed by atoms with Crippen molar-refractivity contribution in [3.05, 3.63) is 40.7 Å². The minimum atomic E-state index is -0.0907. The maximum Gasteiger partial charge on any atom is 0.254 e. The second-order valence-electron chi connectivity index (χ2n) is 4.88. The largest absolute Gasteiger partial charge is 0.489 e. The van der Waals surface area contributed by atoms with E-state index in [0.717, 1.165) is 12.0 Å². The molecule has 0 atom stereocenters. The molecule has 0 amide bonds. The lowest BCUT2D eigenvalue weighted by atomic mass is 10.1. The van der Waals surface area contributed by atoms with Gasteiger partial charge in [-0.1, -0.05) is 13.3 Å². The van der Waals surface area contributed by atoms with Crippen molar-refractivity contribution in [2.75, 3.05) is 0 Å². The third-order valence-corrected chi connectivity index (χ3v) is 2.81. The lowest BCUT2D eigenvalue weighted by Crippen LogP contribution is -2.15. The molecule has 2 heterocycles. The third kappa shape index (κ3) is 3.23. The van der Waals surface area contributed by atoms with Gasteiger partial charge in [-0.2, -0.15) is 0 Å². The summed E-state index contributed by atoms with van der Waals surface area (Å²) in [5.41, 5.74) is 2.08. The van der Waals surface area contributed by atoms with Crippen molar-refractivity contribution < 1.29 is 4.74 Å². The minimum absolute atomic E-state index is 0.0781. The Morgan fingerprint density at radius 1 is 1.35 bits per heavy atom. The van der Waals surface area contributed by atoms with Gasteiger partial charge in [-0.25, -0.2) is 4.98 Å². The Hall–Kier alpha value is -2.17. The predicted octanol–water partition coefficient (Wildman–Crippen LogP) is 2.57. The highest BCUT2D eigenvalue weighted by Gasteiger charge is 2.11. The average Bonchev–Trinajstić information content (AvgIpc) is 2.41. The molecule has 1 N–H and O–H groups in total. The van der Waals surface area contributed by atoms with Crippen LogP contribution in [0.3, 0.4) is 0 Å². The zero-order chi connectivity index (χ0) is 14.5. The van der Waals surface area contributed by atoms with Gasteiger partial charge >= 0.3 is 0 Å². The van der Waals surface area contributed by atoms with Gasteiger partial charge in [0.1, 0.15) is 5.75 Å². The van der Waals surface area contributed by atoms with Crippen molar-refractivity contribution in [3.63, 3.8) is 0 Å². The van der Waals surface area contributed by atoms with Crippen molar-refractivity contribution in [1.29, 1.82) is 0 Å². The van der Waals surface area contributed by atoms with Crippen molar-refractivity contribution in [2.24, 2.45) is 0 Å². The van der Waals surface area contributed by atoms with Crippen LogP contribution in [0.2, 0.25) is 0 Å². The van der Waals surface area contributed by atoms with E-state index in [1.165, 1.54) is 6.33 Å². The molecule has 0 radical (unpaired) electrons. The minimum Gasteiger partial charge on any atom is -0.489 e. The van der Waals surface area contributed by atoms with E-state index in [1.807, 2.05) is 26.8 Å². The number of aromatic nitrogens is 3. The fourth-order valence-corrected chi connectivity index (χ4v) is 2.04. The number of nitrogens with one attached hydrogen (secondary N) is 1. The number of hydrogen-bond donors (Lipinski definition) is 1. The highest BCUT2D eigenvalue weighted by Crippen LogP contribution is 2.23. The first kappa shape index (κ1) is 14.2. The van der Waals surface area contributed by atoms with Crippen molar-refractivity contribution >= 4 is 0 Å². The summed E-state index contributed by atoms with van der Waals surface area (Å²) in [6.45, 7) is 5.95. The number of nitrogens with zero attached hydrogens (tertiary/aromatic N) is 2. The highest BCUT2D eigenvalue weighted by atomic mass is 16.5. The monoisotopic (exact) mass is 273 g/mol. The van der Waals surface area contributed by atoms with E-state index >= 15 is 0 Å². The predicted molar refractivity (Wildman–Crippen MR) is 77.8 cm³/mol. The summed E-state index contributed by atoms with van der Waals surface area (Å²) in [7, 11) is 0. The second kappa shape index (κ2) is 6.32. The molecule has 0 saturated carbocycles. The molecule has 0 bridgehead atoms. The molecule has 0 unspecified atom stereocenters. The van der Waals surface area contributed by atoms with Crippen LogP contribution < -0.4 is 10.3 Å². The number of pyridine rings is 1. The number of hydrogen-bond acceptors (Lipinski definition) is 4. The van der Waals surface area contributed by atoms with E-state index in [0.29, 0.717) is 23.4 Å². The van der Waals surface area contributed by atoms with E-state index < -0.39 is 0 Å². The maximum absolute atomic E-state index is 11.9. The van der Waals surface area contributed by atoms with Crippen LogP contribution in [-0.2, 0) is 6.42 Å². The van der Waals surface area contributed by atoms with Crippen LogP contribution in [0.15, 0.2) is 29.6 Å². The van der Waals surface area contributed by atoms with Gasteiger partial charge in [-0.3, -0.25) is 9.78 Å². The molecule has 0 fully saturated rings. The molecule has 20 heavy (non-hydrogen) atoms. The van der Waals surface area contributed by atoms with Crippen molar-refractivity contribution in [1.82, 2.24) is 15.0 Å². The average molecular weight is 273 g/mol. The fourth-order valence-electron chi connectivity index (χ4n) is 2.04. The number of H-pyrrole nitrogens is 1. The molecule has 0 aliphatic heterocycles. The van der Waals surface area contributed by atoms with Gasteiger partial charge in [0, 0.05) is 17.3 Å². The number of aromatic amines is 1. The molecule has 0 aliphatic rings. The normalized spacial score (nSPS) is 10.8. The second-order valence-corrected chi connectivity index (χ2v) is 4.88. The summed E-state index contributed by atoms with van der Waals surface area (Å²) in [5, 5.41) is 0. The van der Waals surface area contributed by atoms with Crippen LogP contribution in [0, 0.1) is 0 Å². The molecule has 0 saturated heterocycles. The molecule has 2 aromatic heterocycles. The van der Waals surface area contributed by atoms with Crippen LogP contribution in [0.1, 0.15) is 32.8 Å². The first-order valence-electron chi connectivity index (χ1n) is 6.80. The zero-order valence-corrected chi connectivity index (χ0v) is 12.0. The van der Waals surface area contributed by atoms with Crippen LogP contribution in [0.4, 0.5) is 0 Å². The summed E-state index contributed by atoms with van der Waals surface area (Å²) in [6, 6.07) is 1.87. The van der Waals surface area contributed by atoms with Crippen molar-refractivity contribution in [3.8, 4) is 17.0 Å². The Morgan fingerprint density at radius 3 is 2.85 bits per heavy atom. The van der Waals surface area contributed by atoms with Gasteiger partial charge in [0.05, 0.1) is 24.3 Å². The van der Waals surface area contributed by atoms with Gasteiger partial charge in [-0.15, -0.1) is 0 Å². The molecular weight excluding hydrogens is 254 g/mol. The summed E-state index contributed by atoms with van der Waals surface area (Å²) in [4.78, 5) is 23.0. The molecule has 0 aromatic carbocycles. The molecule has 0 spiro atoms. The van der Waals surface area contributed by atoms with Gasteiger partial charge in [0.15, 0.2) is 0 Å². The molecule has 0 aliphatic carbocycles. The molecule has 2 aromatic rings. The molecule has 5 nitrogen and oxygen atoms in total. The summed E-state index contributed by atoms with van der Waals surface area (Å²) in [5.74, 6) is 0.682. The van der Waals surface area contributed by atoms with Gasteiger partial charge in [-0.05, 0) is 26.3 Å². The van der Waals surface area contributed by atoms with Crippen LogP contribution >= 0.6 is 0 Å². The number of ether oxygens (including phenoxy) is 1. The molecule has 5 heteroatoms. The van der Waals surface area contributed by atoms with Crippen LogP contribution in [-0.4, -0.2) is 21.1 Å². The van der Waals surface area contributed by atoms with Gasteiger partial charge in [0.25, 0.3) is 5.56 Å². The van der Waals surface area contributed by atoms with E-state index in [1.54, 1.807) is 12.4 Å². The van der Waals surface area contributed by atoms with E-state index in [2.05, 4.69) is 15.0 Å². The highest BCUT2D eigenvalue weighted by molar-refractivity contribution is 5.62. The first-order chi connectivity index (χ1) is 9.61. The molecular formula is C15H19N3O2. The quantitative estimate of drug-likeness (QED) is 0.909. The molecule has 106 valence electrons. The Bertz CT molecular complexity index is 635. The lowest BCUT2D eigenvalue weighted by molar-refractivity contribution is 0.241. The van der Waals surface area contributed by atoms with Gasteiger partial charge in [0.2, 0.25) is 0 Å². The Balaban J connectivity index is 2.46. The number of rotatable bonds is 5. The van der Waals surface area contributed by atoms with Crippen molar-refractivity contribution in [2.45, 2.75) is 39.7 Å². The third-order valence-electron chi connectivity index (χ3n) is 2.81. The first-order valence-corrected chi connectivity index (χ1v) is 6.80. The van der Waals surface area contributed by atoms with E-state index in [4.69, 9.17) is 4.74 Å². The van der Waals surface area contributed by atoms with E-state index in [-0.39, 0.29) is 11.7 Å². The lowest BCUT2D eigenvalue weighted by Gasteiger charge is -2.11. The smallest absolute Gasteiger partial charge is 0.254 e. The Morgan fingerprint density at radius 2 is 2.15 bits per heavy atom. The summed E-state index contributed by atoms with van der Waals surface area (Å²) < 4.78 is 5.63. The van der Waals surface area contributed by atoms with Crippen LogP contribution in [0.5, 0.6) is 5.75 Å². The Kier molecular flexibility index (Phi) is 4.50. The topological polar surface area (TPSA) is 67.9 Å². The fraction of sp³-hybridized carbons (Fsp3) is 0.400. The standard InChI is InChI=1S/C15H19N3O2/c1-4-5-13-14(17-9-18-15(13)19)11-6-12(8-16-7-11)20-10(2)3/h6-10H,4-5H2,1-3H3,(H,17,18,19). The maximum atomic E-state index is 11.9. The molecule has 2 rings (SSSR count). The van der Waals surface area contributed by atoms with Gasteiger partial charge < -0.3 is 9.72 Å². The summed E-state index contributed by atoms with van der Waals surface area (Å²) in [6.07, 6.45) is 6.44.